The molecule has 5 rings (SSSR count). The molecule has 3 aliphatic rings. The van der Waals surface area contributed by atoms with Crippen LogP contribution in [0.15, 0.2) is 47.6 Å². The van der Waals surface area contributed by atoms with Crippen LogP contribution < -0.4 is 25.4 Å². The highest BCUT2D eigenvalue weighted by Crippen LogP contribution is 2.40. The highest BCUT2D eigenvalue weighted by molar-refractivity contribution is 6.38. The highest BCUT2D eigenvalue weighted by atomic mass is 35.5. The smallest absolute Gasteiger partial charge is 0.289 e. The van der Waals surface area contributed by atoms with E-state index in [-0.39, 0.29) is 37.8 Å². The number of halogens is 1. The van der Waals surface area contributed by atoms with Crippen LogP contribution in [0, 0.1) is 11.3 Å². The Morgan fingerprint density at radius 3 is 2.32 bits per heavy atom. The average Bonchev–Trinajstić information content (AvgIpc) is 3.78. The van der Waals surface area contributed by atoms with E-state index < -0.39 is 52.6 Å². The Labute approximate surface area is 334 Å². The van der Waals surface area contributed by atoms with Gasteiger partial charge in [0, 0.05) is 42.5 Å². The molecule has 0 aromatic heterocycles. The Balaban J connectivity index is 1.36. The standard InChI is InChI=1S/C42H56ClN5O8/c1-7-12-32(36(50)39(52)44-24-27-17-30(54-5)21-31(18-27)55-6)45-38(51)34-23-42(22-33(47-56-42)28-15-11-16-29(43)20-28)25-48(34)40(53)37(41(2,3)4)46-35(49)19-26-13-9-8-10-14-26/h11,15-18,20-21,26,32,34,37H,7-10,12-14,19,22-25H2,1-6H3,(H,44,52)(H,45,51)(H,46,49)/t32-,34-,37+,42+/m0/s1. The van der Waals surface area contributed by atoms with E-state index in [0.29, 0.717) is 47.1 Å². The van der Waals surface area contributed by atoms with Crippen molar-refractivity contribution in [2.45, 2.75) is 122 Å². The number of nitrogens with one attached hydrogen (secondary N) is 3. The van der Waals surface area contributed by atoms with Gasteiger partial charge in [0.15, 0.2) is 5.60 Å². The zero-order valence-corrected chi connectivity index (χ0v) is 34.1. The van der Waals surface area contributed by atoms with Crippen LogP contribution in [0.4, 0.5) is 0 Å². The lowest BCUT2D eigenvalue weighted by atomic mass is 9.84. The molecule has 2 heterocycles. The number of oxime groups is 1. The van der Waals surface area contributed by atoms with Crippen molar-refractivity contribution in [1.29, 1.82) is 0 Å². The number of benzene rings is 2. The number of rotatable bonds is 15. The summed E-state index contributed by atoms with van der Waals surface area (Å²) in [4.78, 5) is 76.9. The van der Waals surface area contributed by atoms with E-state index in [2.05, 4.69) is 21.1 Å². The average molecular weight is 794 g/mol. The van der Waals surface area contributed by atoms with Crippen LogP contribution in [0.3, 0.4) is 0 Å². The molecule has 4 amide bonds. The summed E-state index contributed by atoms with van der Waals surface area (Å²) < 4.78 is 10.6. The van der Waals surface area contributed by atoms with Crippen LogP contribution in [-0.4, -0.2) is 84.5 Å². The molecule has 2 aromatic carbocycles. The number of hydrogen-bond acceptors (Lipinski definition) is 9. The molecule has 2 aromatic rings. The largest absolute Gasteiger partial charge is 0.497 e. The zero-order valence-electron chi connectivity index (χ0n) is 33.4. The first kappa shape index (κ1) is 42.5. The third-order valence-electron chi connectivity index (χ3n) is 10.9. The number of nitrogens with zero attached hydrogens (tertiary/aromatic N) is 2. The number of Topliss-reactive ketones (excluding diaryl/α,β-unsaturated/α-hetero) is 1. The first-order valence-corrected chi connectivity index (χ1v) is 20.0. The van der Waals surface area contributed by atoms with Gasteiger partial charge in [0.1, 0.15) is 23.6 Å². The molecule has 13 nitrogen and oxygen atoms in total. The molecule has 3 N–H and O–H groups in total. The molecule has 1 aliphatic carbocycles. The van der Waals surface area contributed by atoms with Crippen molar-refractivity contribution in [2.24, 2.45) is 16.5 Å². The van der Waals surface area contributed by atoms with Gasteiger partial charge >= 0.3 is 0 Å². The van der Waals surface area contributed by atoms with Gasteiger partial charge in [0.25, 0.3) is 5.91 Å². The molecular weight excluding hydrogens is 738 g/mol. The second-order valence-corrected chi connectivity index (χ2v) is 16.8. The van der Waals surface area contributed by atoms with Crippen molar-refractivity contribution in [3.05, 3.63) is 58.6 Å². The van der Waals surface area contributed by atoms with E-state index >= 15 is 0 Å². The predicted molar refractivity (Wildman–Crippen MR) is 212 cm³/mol. The number of carbonyl (C=O) groups is 5. The van der Waals surface area contributed by atoms with Crippen LogP contribution in [-0.2, 0) is 35.4 Å². The fourth-order valence-corrected chi connectivity index (χ4v) is 8.05. The fourth-order valence-electron chi connectivity index (χ4n) is 7.86. The van der Waals surface area contributed by atoms with E-state index in [1.807, 2.05) is 39.8 Å². The summed E-state index contributed by atoms with van der Waals surface area (Å²) >= 11 is 6.28. The van der Waals surface area contributed by atoms with Crippen molar-refractivity contribution in [1.82, 2.24) is 20.9 Å². The van der Waals surface area contributed by atoms with Crippen LogP contribution in [0.5, 0.6) is 11.5 Å². The minimum atomic E-state index is -1.16. The molecule has 4 atom stereocenters. The van der Waals surface area contributed by atoms with Gasteiger partial charge < -0.3 is 35.2 Å². The Bertz CT molecular complexity index is 1780. The van der Waals surface area contributed by atoms with Gasteiger partial charge in [-0.05, 0) is 60.4 Å². The number of likely N-dealkylation sites (tertiary alicyclic amines) is 1. The summed E-state index contributed by atoms with van der Waals surface area (Å²) in [5.41, 5.74) is 0.274. The topological polar surface area (TPSA) is 165 Å². The molecule has 0 radical (unpaired) electrons. The second kappa shape index (κ2) is 18.5. The Kier molecular flexibility index (Phi) is 14.1. The summed E-state index contributed by atoms with van der Waals surface area (Å²) in [7, 11) is 3.03. The summed E-state index contributed by atoms with van der Waals surface area (Å²) in [5, 5.41) is 13.4. The summed E-state index contributed by atoms with van der Waals surface area (Å²) in [5.74, 6) is -1.59. The van der Waals surface area contributed by atoms with Crippen molar-refractivity contribution in [2.75, 3.05) is 20.8 Å². The van der Waals surface area contributed by atoms with Crippen molar-refractivity contribution in [3.63, 3.8) is 0 Å². The minimum absolute atomic E-state index is 0.0133. The lowest BCUT2D eigenvalue weighted by molar-refractivity contribution is -0.145. The van der Waals surface area contributed by atoms with Crippen LogP contribution in [0.25, 0.3) is 0 Å². The Morgan fingerprint density at radius 2 is 1.70 bits per heavy atom. The molecule has 2 aliphatic heterocycles. The predicted octanol–water partition coefficient (Wildman–Crippen LogP) is 5.49. The maximum atomic E-state index is 14.7. The van der Waals surface area contributed by atoms with Gasteiger partial charge in [-0.3, -0.25) is 24.0 Å². The van der Waals surface area contributed by atoms with Crippen LogP contribution in [0.1, 0.15) is 103 Å². The van der Waals surface area contributed by atoms with E-state index in [9.17, 15) is 24.0 Å². The van der Waals surface area contributed by atoms with Crippen LogP contribution >= 0.6 is 11.6 Å². The normalized spacial score (nSPS) is 20.7. The molecule has 14 heteroatoms. The maximum absolute atomic E-state index is 14.7. The van der Waals surface area contributed by atoms with Gasteiger partial charge in [0.2, 0.25) is 23.5 Å². The number of carbonyl (C=O) groups excluding carboxylic acids is 5. The van der Waals surface area contributed by atoms with Gasteiger partial charge in [0.05, 0.1) is 32.5 Å². The first-order valence-electron chi connectivity index (χ1n) is 19.6. The van der Waals surface area contributed by atoms with Crippen LogP contribution in [0.2, 0.25) is 5.02 Å². The lowest BCUT2D eigenvalue weighted by Crippen LogP contribution is -2.59. The van der Waals surface area contributed by atoms with Gasteiger partial charge in [-0.1, -0.05) is 82.3 Å². The SMILES string of the molecule is CCC[C@H](NC(=O)[C@@H]1C[C@]2(CC(c3cccc(Cl)c3)=NO2)CN1C(=O)[C@@H](NC(=O)CC1CCCCC1)C(C)(C)C)C(=O)C(=O)NCc1cc(OC)cc(OC)c1. The second-order valence-electron chi connectivity index (χ2n) is 16.4. The molecule has 2 fully saturated rings. The fraction of sp³-hybridized carbons (Fsp3) is 0.571. The maximum Gasteiger partial charge on any atom is 0.289 e. The van der Waals surface area contributed by atoms with Gasteiger partial charge in [-0.25, -0.2) is 0 Å². The molecule has 304 valence electrons. The molecule has 1 saturated carbocycles. The summed E-state index contributed by atoms with van der Waals surface area (Å²) in [6.45, 7) is 7.50. The van der Waals surface area contributed by atoms with E-state index in [1.54, 1.807) is 30.3 Å². The number of amides is 4. The third-order valence-corrected chi connectivity index (χ3v) is 11.1. The summed E-state index contributed by atoms with van der Waals surface area (Å²) in [6.07, 6.45) is 6.70. The Morgan fingerprint density at radius 1 is 1.00 bits per heavy atom. The molecule has 1 spiro atoms. The van der Waals surface area contributed by atoms with E-state index in [0.717, 1.165) is 31.2 Å². The van der Waals surface area contributed by atoms with Gasteiger partial charge in [-0.15, -0.1) is 0 Å². The minimum Gasteiger partial charge on any atom is -0.497 e. The molecule has 56 heavy (non-hydrogen) atoms. The van der Waals surface area contributed by atoms with Crippen molar-refractivity contribution >= 4 is 46.7 Å². The number of ketones is 1. The number of methoxy groups -OCH3 is 2. The summed E-state index contributed by atoms with van der Waals surface area (Å²) in [6, 6.07) is 9.15. The van der Waals surface area contributed by atoms with E-state index in [4.69, 9.17) is 25.9 Å². The molecule has 1 saturated heterocycles. The molecule has 0 unspecified atom stereocenters. The monoisotopic (exact) mass is 793 g/mol. The highest BCUT2D eigenvalue weighted by Gasteiger charge is 2.55. The number of hydrogen-bond donors (Lipinski definition) is 3. The third kappa shape index (κ3) is 10.6. The Hall–Kier alpha value is -4.65. The molecule has 0 bridgehead atoms. The van der Waals surface area contributed by atoms with E-state index in [1.165, 1.54) is 25.5 Å². The lowest BCUT2D eigenvalue weighted by Gasteiger charge is -2.36. The van der Waals surface area contributed by atoms with Crippen molar-refractivity contribution in [3.8, 4) is 11.5 Å². The molecular formula is C42H56ClN5O8. The zero-order chi connectivity index (χ0) is 40.6. The quantitative estimate of drug-likeness (QED) is 0.199. The first-order chi connectivity index (χ1) is 26.6. The van der Waals surface area contributed by atoms with Crippen molar-refractivity contribution < 1.29 is 38.3 Å². The van der Waals surface area contributed by atoms with Gasteiger partial charge in [-0.2, -0.15) is 0 Å². The number of ether oxygens (including phenoxy) is 2.